The maximum atomic E-state index is 11.9. The molecule has 2 aromatic rings. The van der Waals surface area contributed by atoms with Gasteiger partial charge in [-0.3, -0.25) is 14.9 Å². The lowest BCUT2D eigenvalue weighted by molar-refractivity contribution is -0.384. The fourth-order valence-corrected chi connectivity index (χ4v) is 2.41. The normalized spacial score (nSPS) is 16.5. The van der Waals surface area contributed by atoms with Crippen LogP contribution < -0.4 is 0 Å². The van der Waals surface area contributed by atoms with Crippen molar-refractivity contribution in [1.82, 2.24) is 5.01 Å². The second kappa shape index (κ2) is 6.29. The summed E-state index contributed by atoms with van der Waals surface area (Å²) in [6, 6.07) is 12.7. The van der Waals surface area contributed by atoms with E-state index in [0.717, 1.165) is 0 Å². The van der Waals surface area contributed by atoms with E-state index in [4.69, 9.17) is 16.3 Å². The number of nitro benzene ring substituents is 1. The molecule has 0 fully saturated rings. The number of hydrogen-bond donors (Lipinski definition) is 0. The van der Waals surface area contributed by atoms with E-state index in [2.05, 4.69) is 5.10 Å². The summed E-state index contributed by atoms with van der Waals surface area (Å²) in [7, 11) is 0. The molecule has 1 heterocycles. The first-order chi connectivity index (χ1) is 11.5. The number of hydrogen-bond acceptors (Lipinski definition) is 5. The van der Waals surface area contributed by atoms with Crippen molar-refractivity contribution in [2.45, 2.75) is 13.2 Å². The van der Waals surface area contributed by atoms with Gasteiger partial charge in [-0.2, -0.15) is 5.01 Å². The first-order valence-electron chi connectivity index (χ1n) is 7.01. The van der Waals surface area contributed by atoms with Crippen LogP contribution in [0.3, 0.4) is 0 Å². The van der Waals surface area contributed by atoms with Crippen molar-refractivity contribution in [3.05, 3.63) is 74.8 Å². The van der Waals surface area contributed by atoms with E-state index in [1.54, 1.807) is 30.3 Å². The highest BCUT2D eigenvalue weighted by Crippen LogP contribution is 2.31. The van der Waals surface area contributed by atoms with Crippen LogP contribution >= 0.6 is 11.6 Å². The summed E-state index contributed by atoms with van der Waals surface area (Å²) in [5.41, 5.74) is 1.04. The monoisotopic (exact) mass is 345 g/mol. The molecule has 2 aromatic carbocycles. The highest BCUT2D eigenvalue weighted by Gasteiger charge is 2.33. The summed E-state index contributed by atoms with van der Waals surface area (Å²) in [4.78, 5) is 22.3. The zero-order chi connectivity index (χ0) is 17.3. The van der Waals surface area contributed by atoms with Crippen molar-refractivity contribution >= 4 is 29.1 Å². The number of carbonyl (C=O) groups is 1. The molecule has 122 valence electrons. The first kappa shape index (κ1) is 15.9. The third-order valence-corrected chi connectivity index (χ3v) is 3.68. The van der Waals surface area contributed by atoms with Crippen LogP contribution in [-0.2, 0) is 9.53 Å². The van der Waals surface area contributed by atoms with Crippen molar-refractivity contribution in [3.8, 4) is 0 Å². The van der Waals surface area contributed by atoms with E-state index >= 15 is 0 Å². The molecule has 0 N–H and O–H groups in total. The topological polar surface area (TPSA) is 85.0 Å². The predicted octanol–water partition coefficient (Wildman–Crippen LogP) is 3.49. The number of halogens is 1. The van der Waals surface area contributed by atoms with Gasteiger partial charge in [-0.05, 0) is 18.2 Å². The Balaban J connectivity index is 1.95. The number of ether oxygens (including phenoxy) is 1. The minimum absolute atomic E-state index is 0.0804. The maximum absolute atomic E-state index is 11.9. The number of nitro groups is 1. The van der Waals surface area contributed by atoms with Crippen LogP contribution in [0.2, 0.25) is 5.02 Å². The molecule has 1 aliphatic heterocycles. The van der Waals surface area contributed by atoms with Gasteiger partial charge in [0.1, 0.15) is 0 Å². The molecular weight excluding hydrogens is 334 g/mol. The molecule has 1 amide bonds. The Hall–Kier alpha value is -2.93. The average molecular weight is 346 g/mol. The van der Waals surface area contributed by atoms with Crippen molar-refractivity contribution in [2.24, 2.45) is 5.10 Å². The second-order valence-corrected chi connectivity index (χ2v) is 5.53. The third kappa shape index (κ3) is 3.07. The van der Waals surface area contributed by atoms with E-state index in [1.165, 1.54) is 30.1 Å². The SMILES string of the molecule is CC(=O)N1N=C(c2cccc([N+](=O)[O-])c2)OC1c1ccc(Cl)cc1. The van der Waals surface area contributed by atoms with Crippen molar-refractivity contribution in [1.29, 1.82) is 0 Å². The molecule has 0 saturated carbocycles. The fourth-order valence-electron chi connectivity index (χ4n) is 2.28. The van der Waals surface area contributed by atoms with Crippen LogP contribution in [0.1, 0.15) is 24.3 Å². The van der Waals surface area contributed by atoms with Crippen LogP contribution in [0, 0.1) is 10.1 Å². The van der Waals surface area contributed by atoms with Crippen LogP contribution in [0.5, 0.6) is 0 Å². The van der Waals surface area contributed by atoms with E-state index in [0.29, 0.717) is 16.1 Å². The molecule has 1 atom stereocenters. The Bertz CT molecular complexity index is 835. The molecule has 24 heavy (non-hydrogen) atoms. The molecule has 0 saturated heterocycles. The lowest BCUT2D eigenvalue weighted by atomic mass is 10.2. The van der Waals surface area contributed by atoms with Gasteiger partial charge in [0.15, 0.2) is 0 Å². The molecular formula is C16H12ClN3O4. The van der Waals surface area contributed by atoms with Gasteiger partial charge in [-0.1, -0.05) is 29.8 Å². The summed E-state index contributed by atoms with van der Waals surface area (Å²) in [5, 5.41) is 16.8. The molecule has 0 radical (unpaired) electrons. The minimum atomic E-state index is -0.742. The second-order valence-electron chi connectivity index (χ2n) is 5.10. The lowest BCUT2D eigenvalue weighted by Crippen LogP contribution is -2.25. The summed E-state index contributed by atoms with van der Waals surface area (Å²) >= 11 is 5.88. The number of rotatable bonds is 3. The summed E-state index contributed by atoms with van der Waals surface area (Å²) in [6.07, 6.45) is -0.742. The van der Waals surface area contributed by atoms with Gasteiger partial charge in [0.25, 0.3) is 5.69 Å². The highest BCUT2D eigenvalue weighted by atomic mass is 35.5. The summed E-state index contributed by atoms with van der Waals surface area (Å²) in [6.45, 7) is 1.37. The number of nitrogens with zero attached hydrogens (tertiary/aromatic N) is 3. The van der Waals surface area contributed by atoms with Gasteiger partial charge < -0.3 is 4.74 Å². The molecule has 1 unspecified atom stereocenters. The highest BCUT2D eigenvalue weighted by molar-refractivity contribution is 6.30. The third-order valence-electron chi connectivity index (χ3n) is 3.43. The molecule has 8 heteroatoms. The standard InChI is InChI=1S/C16H12ClN3O4/c1-10(21)19-16(11-5-7-13(17)8-6-11)24-15(18-19)12-3-2-4-14(9-12)20(22)23/h2-9,16H,1H3. The van der Waals surface area contributed by atoms with E-state index in [9.17, 15) is 14.9 Å². The molecule has 0 aliphatic carbocycles. The van der Waals surface area contributed by atoms with Crippen LogP contribution in [0.4, 0.5) is 5.69 Å². The van der Waals surface area contributed by atoms with E-state index in [-0.39, 0.29) is 17.5 Å². The van der Waals surface area contributed by atoms with E-state index < -0.39 is 11.2 Å². The van der Waals surface area contributed by atoms with Gasteiger partial charge in [0.2, 0.25) is 18.0 Å². The minimum Gasteiger partial charge on any atom is -0.446 e. The smallest absolute Gasteiger partial charge is 0.270 e. The summed E-state index contributed by atoms with van der Waals surface area (Å²) in [5.74, 6) is -0.163. The number of hydrazone groups is 1. The molecule has 3 rings (SSSR count). The van der Waals surface area contributed by atoms with Crippen molar-refractivity contribution in [2.75, 3.05) is 0 Å². The molecule has 1 aliphatic rings. The average Bonchev–Trinajstić information content (AvgIpc) is 3.01. The Labute approximate surface area is 142 Å². The van der Waals surface area contributed by atoms with Gasteiger partial charge >= 0.3 is 0 Å². The Morgan fingerprint density at radius 1 is 1.29 bits per heavy atom. The van der Waals surface area contributed by atoms with Crippen LogP contribution in [0.25, 0.3) is 0 Å². The number of non-ortho nitro benzene ring substituents is 1. The van der Waals surface area contributed by atoms with Gasteiger partial charge in [0, 0.05) is 35.2 Å². The molecule has 0 aromatic heterocycles. The first-order valence-corrected chi connectivity index (χ1v) is 7.39. The zero-order valence-corrected chi connectivity index (χ0v) is 13.3. The number of carbonyl (C=O) groups excluding carboxylic acids is 1. The Morgan fingerprint density at radius 3 is 2.62 bits per heavy atom. The predicted molar refractivity (Wildman–Crippen MR) is 87.4 cm³/mol. The van der Waals surface area contributed by atoms with Gasteiger partial charge in [0.05, 0.1) is 4.92 Å². The zero-order valence-electron chi connectivity index (χ0n) is 12.5. The van der Waals surface area contributed by atoms with Crippen molar-refractivity contribution < 1.29 is 14.5 Å². The van der Waals surface area contributed by atoms with Gasteiger partial charge in [-0.25, -0.2) is 0 Å². The molecule has 7 nitrogen and oxygen atoms in total. The quantitative estimate of drug-likeness (QED) is 0.629. The lowest BCUT2D eigenvalue weighted by Gasteiger charge is -2.19. The van der Waals surface area contributed by atoms with Crippen molar-refractivity contribution in [3.63, 3.8) is 0 Å². The van der Waals surface area contributed by atoms with Crippen LogP contribution in [0.15, 0.2) is 53.6 Å². The van der Waals surface area contributed by atoms with Crippen LogP contribution in [-0.4, -0.2) is 21.7 Å². The largest absolute Gasteiger partial charge is 0.446 e. The maximum Gasteiger partial charge on any atom is 0.270 e. The van der Waals surface area contributed by atoms with E-state index in [1.807, 2.05) is 0 Å². The Morgan fingerprint density at radius 2 is 2.00 bits per heavy atom. The Kier molecular flexibility index (Phi) is 4.18. The fraction of sp³-hybridized carbons (Fsp3) is 0.125. The molecule has 0 spiro atoms. The number of amides is 1. The van der Waals surface area contributed by atoms with Gasteiger partial charge in [-0.15, -0.1) is 5.10 Å². The number of benzene rings is 2. The summed E-state index contributed by atoms with van der Waals surface area (Å²) < 4.78 is 5.77. The molecule has 0 bridgehead atoms.